The molecule has 118 valence electrons. The zero-order chi connectivity index (χ0) is 15.3. The Kier molecular flexibility index (Phi) is 6.12. The normalized spacial score (nSPS) is 21.5. The highest BCUT2D eigenvalue weighted by Gasteiger charge is 2.32. The summed E-state index contributed by atoms with van der Waals surface area (Å²) in [5.41, 5.74) is 2.82. The Bertz CT molecular complexity index is 478. The Morgan fingerprint density at radius 2 is 1.90 bits per heavy atom. The van der Waals surface area contributed by atoms with Crippen molar-refractivity contribution in [1.29, 1.82) is 0 Å². The first kappa shape index (κ1) is 16.8. The Balaban J connectivity index is 2.38. The molecular formula is C17H25ClO2S. The van der Waals surface area contributed by atoms with E-state index in [9.17, 15) is 0 Å². The lowest BCUT2D eigenvalue weighted by atomic mass is 9.88. The molecule has 1 aromatic rings. The quantitative estimate of drug-likeness (QED) is 0.540. The second kappa shape index (κ2) is 7.64. The average molecular weight is 329 g/mol. The predicted molar refractivity (Wildman–Crippen MR) is 92.2 cm³/mol. The summed E-state index contributed by atoms with van der Waals surface area (Å²) in [6.45, 7) is 2.36. The number of rotatable bonds is 6. The van der Waals surface area contributed by atoms with E-state index >= 15 is 0 Å². The molecule has 1 aliphatic rings. The zero-order valence-corrected chi connectivity index (χ0v) is 14.8. The minimum atomic E-state index is 0.150. The number of aryl methyl sites for hydroxylation is 1. The molecule has 1 aliphatic heterocycles. The van der Waals surface area contributed by atoms with Crippen molar-refractivity contribution in [2.24, 2.45) is 0 Å². The molecular weight excluding hydrogens is 304 g/mol. The van der Waals surface area contributed by atoms with E-state index in [4.69, 9.17) is 21.1 Å². The first-order valence-electron chi connectivity index (χ1n) is 7.60. The monoisotopic (exact) mass is 328 g/mol. The van der Waals surface area contributed by atoms with Crippen LogP contribution in [0.25, 0.3) is 0 Å². The molecule has 1 atom stereocenters. The van der Waals surface area contributed by atoms with Crippen LogP contribution in [-0.4, -0.2) is 25.9 Å². The number of benzene rings is 1. The number of hydrogen-bond donors (Lipinski definition) is 0. The second-order valence-corrected chi connectivity index (χ2v) is 7.67. The lowest BCUT2D eigenvalue weighted by Crippen LogP contribution is -2.19. The summed E-state index contributed by atoms with van der Waals surface area (Å²) in [5.74, 6) is 3.63. The van der Waals surface area contributed by atoms with Gasteiger partial charge < -0.3 is 9.47 Å². The van der Waals surface area contributed by atoms with Gasteiger partial charge in [-0.3, -0.25) is 0 Å². The van der Waals surface area contributed by atoms with Crippen molar-refractivity contribution in [3.05, 3.63) is 23.3 Å². The molecule has 0 aliphatic carbocycles. The molecule has 21 heavy (non-hydrogen) atoms. The molecule has 0 N–H and O–H groups in total. The number of thioether (sulfide) groups is 1. The SMILES string of the molecule is COc1cc2c(cc1OC)C(C)(CCCCCl)SCCC2. The van der Waals surface area contributed by atoms with Gasteiger partial charge in [-0.2, -0.15) is 11.8 Å². The highest BCUT2D eigenvalue weighted by atomic mass is 35.5. The lowest BCUT2D eigenvalue weighted by molar-refractivity contribution is 0.353. The van der Waals surface area contributed by atoms with Crippen LogP contribution in [0.5, 0.6) is 11.5 Å². The fourth-order valence-electron chi connectivity index (χ4n) is 3.02. The van der Waals surface area contributed by atoms with Crippen LogP contribution in [0.15, 0.2) is 12.1 Å². The van der Waals surface area contributed by atoms with Gasteiger partial charge in [0, 0.05) is 10.6 Å². The van der Waals surface area contributed by atoms with Gasteiger partial charge in [-0.05, 0) is 61.6 Å². The lowest BCUT2D eigenvalue weighted by Gasteiger charge is -2.30. The van der Waals surface area contributed by atoms with Crippen LogP contribution in [0.4, 0.5) is 0 Å². The Morgan fingerprint density at radius 1 is 1.19 bits per heavy atom. The molecule has 2 rings (SSSR count). The second-order valence-electron chi connectivity index (χ2n) is 5.69. The molecule has 4 heteroatoms. The van der Waals surface area contributed by atoms with Gasteiger partial charge in [0.05, 0.1) is 14.2 Å². The minimum Gasteiger partial charge on any atom is -0.493 e. The minimum absolute atomic E-state index is 0.150. The largest absolute Gasteiger partial charge is 0.493 e. The summed E-state index contributed by atoms with van der Waals surface area (Å²) < 4.78 is 11.1. The Hall–Kier alpha value is -0.540. The van der Waals surface area contributed by atoms with Gasteiger partial charge in [0.25, 0.3) is 0 Å². The highest BCUT2D eigenvalue weighted by Crippen LogP contribution is 2.47. The number of alkyl halides is 1. The molecule has 0 aromatic heterocycles. The topological polar surface area (TPSA) is 18.5 Å². The molecule has 0 spiro atoms. The third-order valence-electron chi connectivity index (χ3n) is 4.23. The summed E-state index contributed by atoms with van der Waals surface area (Å²) >= 11 is 7.91. The van der Waals surface area contributed by atoms with E-state index in [-0.39, 0.29) is 4.75 Å². The number of methoxy groups -OCH3 is 2. The zero-order valence-electron chi connectivity index (χ0n) is 13.2. The third-order valence-corrected chi connectivity index (χ3v) is 6.05. The van der Waals surface area contributed by atoms with Crippen molar-refractivity contribution in [3.8, 4) is 11.5 Å². The molecule has 0 fully saturated rings. The van der Waals surface area contributed by atoms with Crippen molar-refractivity contribution in [1.82, 2.24) is 0 Å². The van der Waals surface area contributed by atoms with Crippen molar-refractivity contribution in [3.63, 3.8) is 0 Å². The van der Waals surface area contributed by atoms with Crippen LogP contribution >= 0.6 is 23.4 Å². The van der Waals surface area contributed by atoms with Gasteiger partial charge in [0.15, 0.2) is 11.5 Å². The third kappa shape index (κ3) is 3.81. The maximum absolute atomic E-state index is 5.84. The molecule has 2 nitrogen and oxygen atoms in total. The van der Waals surface area contributed by atoms with Crippen molar-refractivity contribution >= 4 is 23.4 Å². The van der Waals surface area contributed by atoms with E-state index in [0.717, 1.165) is 36.6 Å². The van der Waals surface area contributed by atoms with E-state index in [1.807, 2.05) is 0 Å². The first-order valence-corrected chi connectivity index (χ1v) is 9.12. The number of fused-ring (bicyclic) bond motifs is 1. The number of halogens is 1. The summed E-state index contributed by atoms with van der Waals surface area (Å²) in [4.78, 5) is 0. The van der Waals surface area contributed by atoms with Crippen molar-refractivity contribution < 1.29 is 9.47 Å². The molecule has 1 unspecified atom stereocenters. The smallest absolute Gasteiger partial charge is 0.161 e. The standard InChI is InChI=1S/C17H25ClO2S/c1-17(8-4-5-9-18)14-12-16(20-3)15(19-2)11-13(14)7-6-10-21-17/h11-12H,4-10H2,1-3H3. The molecule has 0 saturated carbocycles. The summed E-state index contributed by atoms with van der Waals surface area (Å²) in [5, 5.41) is 0. The maximum atomic E-state index is 5.84. The van der Waals surface area contributed by atoms with Crippen LogP contribution in [-0.2, 0) is 11.2 Å². The van der Waals surface area contributed by atoms with E-state index < -0.39 is 0 Å². The average Bonchev–Trinajstić information content (AvgIpc) is 2.66. The molecule has 1 heterocycles. The predicted octanol–water partition coefficient (Wildman–Crippen LogP) is 5.01. The number of ether oxygens (including phenoxy) is 2. The molecule has 0 radical (unpaired) electrons. The van der Waals surface area contributed by atoms with Gasteiger partial charge in [0.1, 0.15) is 0 Å². The van der Waals surface area contributed by atoms with E-state index in [0.29, 0.717) is 0 Å². The highest BCUT2D eigenvalue weighted by molar-refractivity contribution is 8.00. The summed E-state index contributed by atoms with van der Waals surface area (Å²) in [6.07, 6.45) is 5.75. The molecule has 0 bridgehead atoms. The van der Waals surface area contributed by atoms with Crippen LogP contribution in [0.3, 0.4) is 0 Å². The Labute approximate surface area is 137 Å². The van der Waals surface area contributed by atoms with E-state index in [2.05, 4.69) is 30.8 Å². The van der Waals surface area contributed by atoms with Crippen LogP contribution in [0, 0.1) is 0 Å². The van der Waals surface area contributed by atoms with Crippen molar-refractivity contribution in [2.45, 2.75) is 43.8 Å². The molecule has 0 saturated heterocycles. The summed E-state index contributed by atoms with van der Waals surface area (Å²) in [7, 11) is 3.41. The molecule has 0 amide bonds. The molecule has 1 aromatic carbocycles. The van der Waals surface area contributed by atoms with E-state index in [1.165, 1.54) is 29.7 Å². The fraction of sp³-hybridized carbons (Fsp3) is 0.647. The maximum Gasteiger partial charge on any atom is 0.161 e. The number of unbranched alkanes of at least 4 members (excludes halogenated alkanes) is 1. The summed E-state index contributed by atoms with van der Waals surface area (Å²) in [6, 6.07) is 4.35. The first-order chi connectivity index (χ1) is 10.1. The van der Waals surface area contributed by atoms with Crippen LogP contribution in [0.2, 0.25) is 0 Å². The number of hydrogen-bond acceptors (Lipinski definition) is 3. The van der Waals surface area contributed by atoms with Gasteiger partial charge in [0.2, 0.25) is 0 Å². The van der Waals surface area contributed by atoms with Crippen molar-refractivity contribution in [2.75, 3.05) is 25.9 Å². The Morgan fingerprint density at radius 3 is 2.57 bits per heavy atom. The van der Waals surface area contributed by atoms with Crippen LogP contribution < -0.4 is 9.47 Å². The van der Waals surface area contributed by atoms with Gasteiger partial charge in [-0.1, -0.05) is 6.42 Å². The van der Waals surface area contributed by atoms with E-state index in [1.54, 1.807) is 14.2 Å². The fourth-order valence-corrected chi connectivity index (χ4v) is 4.58. The van der Waals surface area contributed by atoms with Gasteiger partial charge >= 0.3 is 0 Å². The van der Waals surface area contributed by atoms with Gasteiger partial charge in [-0.25, -0.2) is 0 Å². The van der Waals surface area contributed by atoms with Crippen LogP contribution in [0.1, 0.15) is 43.7 Å². The van der Waals surface area contributed by atoms with Gasteiger partial charge in [-0.15, -0.1) is 11.6 Å².